The molecule has 0 rings (SSSR count). The minimum atomic E-state index is -0.844. The number of hydrogen-bond acceptors (Lipinski definition) is 4. The van der Waals surface area contributed by atoms with Crippen LogP contribution in [0, 0.1) is 0 Å². The van der Waals surface area contributed by atoms with E-state index in [9.17, 15) is 9.59 Å². The summed E-state index contributed by atoms with van der Waals surface area (Å²) in [6, 6.07) is -0.509. The molecule has 0 heterocycles. The van der Waals surface area contributed by atoms with Gasteiger partial charge < -0.3 is 21.1 Å². The first kappa shape index (κ1) is 20.9. The molecule has 0 aromatic rings. The van der Waals surface area contributed by atoms with E-state index in [1.807, 2.05) is 34.6 Å². The van der Waals surface area contributed by atoms with Crippen LogP contribution in [0.4, 0.5) is 0 Å². The molecule has 1 amide bonds. The van der Waals surface area contributed by atoms with E-state index in [4.69, 9.17) is 5.11 Å². The van der Waals surface area contributed by atoms with Crippen LogP contribution >= 0.6 is 0 Å². The van der Waals surface area contributed by atoms with Crippen molar-refractivity contribution in [3.63, 3.8) is 0 Å². The molecule has 6 heteroatoms. The Hall–Kier alpha value is -1.14. The van der Waals surface area contributed by atoms with Gasteiger partial charge in [-0.3, -0.25) is 9.59 Å². The van der Waals surface area contributed by atoms with Crippen LogP contribution in [-0.2, 0) is 9.59 Å². The van der Waals surface area contributed by atoms with Gasteiger partial charge in [-0.2, -0.15) is 0 Å². The number of rotatable bonds is 10. The van der Waals surface area contributed by atoms with Gasteiger partial charge in [0.25, 0.3) is 0 Å². The first-order chi connectivity index (χ1) is 10.0. The Balaban J connectivity index is 4.20. The van der Waals surface area contributed by atoms with E-state index in [2.05, 4.69) is 16.0 Å². The molecule has 0 aliphatic heterocycles. The number of carboxylic acids is 1. The van der Waals surface area contributed by atoms with Crippen molar-refractivity contribution in [2.75, 3.05) is 6.54 Å². The van der Waals surface area contributed by atoms with E-state index in [0.717, 1.165) is 19.3 Å². The van der Waals surface area contributed by atoms with Crippen LogP contribution in [0.3, 0.4) is 0 Å². The molecule has 0 spiro atoms. The van der Waals surface area contributed by atoms with Crippen LogP contribution in [0.2, 0.25) is 0 Å². The number of hydrogen-bond donors (Lipinski definition) is 4. The van der Waals surface area contributed by atoms with Crippen LogP contribution in [0.25, 0.3) is 0 Å². The molecule has 22 heavy (non-hydrogen) atoms. The third-order valence-corrected chi connectivity index (χ3v) is 3.09. The molecular weight excluding hydrogens is 282 g/mol. The lowest BCUT2D eigenvalue weighted by molar-refractivity contribution is -0.139. The number of carboxylic acid groups (broad SMARTS) is 1. The second kappa shape index (κ2) is 9.79. The normalized spacial score (nSPS) is 14.7. The van der Waals surface area contributed by atoms with E-state index in [1.54, 1.807) is 6.92 Å². The Kier molecular flexibility index (Phi) is 9.28. The quantitative estimate of drug-likeness (QED) is 0.459. The largest absolute Gasteiger partial charge is 0.480 e. The van der Waals surface area contributed by atoms with Gasteiger partial charge in [0, 0.05) is 11.6 Å². The standard InChI is InChI=1S/C16H33N3O3/c1-11(2)18-13(14(20)19-16(4,5)6)9-7-8-10-17-12(3)15(21)22/h11-13,17-18H,7-10H2,1-6H3,(H,19,20)(H,21,22)/t12?,13-/m0/s1. The van der Waals surface area contributed by atoms with Crippen LogP contribution in [-0.4, -0.2) is 47.2 Å². The first-order valence-electron chi connectivity index (χ1n) is 8.07. The predicted molar refractivity (Wildman–Crippen MR) is 88.9 cm³/mol. The summed E-state index contributed by atoms with van der Waals surface area (Å²) >= 11 is 0. The van der Waals surface area contributed by atoms with Gasteiger partial charge in [-0.05, 0) is 47.1 Å². The van der Waals surface area contributed by atoms with Crippen molar-refractivity contribution < 1.29 is 14.7 Å². The highest BCUT2D eigenvalue weighted by Gasteiger charge is 2.22. The molecule has 6 nitrogen and oxygen atoms in total. The molecule has 0 saturated heterocycles. The molecule has 0 bridgehead atoms. The summed E-state index contributed by atoms with van der Waals surface area (Å²) in [7, 11) is 0. The summed E-state index contributed by atoms with van der Waals surface area (Å²) in [4.78, 5) is 23.0. The van der Waals surface area contributed by atoms with E-state index in [0.29, 0.717) is 6.54 Å². The minimum Gasteiger partial charge on any atom is -0.480 e. The molecule has 130 valence electrons. The zero-order chi connectivity index (χ0) is 17.3. The van der Waals surface area contributed by atoms with E-state index in [1.165, 1.54) is 0 Å². The van der Waals surface area contributed by atoms with E-state index < -0.39 is 12.0 Å². The van der Waals surface area contributed by atoms with Crippen LogP contribution in [0.1, 0.15) is 60.8 Å². The van der Waals surface area contributed by atoms with Crippen molar-refractivity contribution in [1.82, 2.24) is 16.0 Å². The summed E-state index contributed by atoms with van der Waals surface area (Å²) in [5, 5.41) is 18.0. The summed E-state index contributed by atoms with van der Waals surface area (Å²) in [6.07, 6.45) is 2.45. The average Bonchev–Trinajstić information content (AvgIpc) is 2.33. The van der Waals surface area contributed by atoms with Gasteiger partial charge in [-0.25, -0.2) is 0 Å². The number of nitrogens with one attached hydrogen (secondary N) is 3. The maximum absolute atomic E-state index is 12.3. The molecule has 0 aromatic carbocycles. The van der Waals surface area contributed by atoms with Gasteiger partial charge in [0.05, 0.1) is 6.04 Å². The number of unbranched alkanes of at least 4 members (excludes halogenated alkanes) is 1. The lowest BCUT2D eigenvalue weighted by Gasteiger charge is -2.27. The van der Waals surface area contributed by atoms with Crippen molar-refractivity contribution in [2.24, 2.45) is 0 Å². The summed E-state index contributed by atoms with van der Waals surface area (Å²) in [5.74, 6) is -0.822. The van der Waals surface area contributed by atoms with Gasteiger partial charge in [-0.1, -0.05) is 20.3 Å². The Morgan fingerprint density at radius 3 is 2.14 bits per heavy atom. The molecule has 0 saturated carbocycles. The highest BCUT2D eigenvalue weighted by Crippen LogP contribution is 2.06. The molecule has 0 aromatic heterocycles. The fourth-order valence-electron chi connectivity index (χ4n) is 2.03. The second-order valence-electron chi connectivity index (χ2n) is 7.12. The van der Waals surface area contributed by atoms with Crippen molar-refractivity contribution in [2.45, 2.75) is 84.5 Å². The monoisotopic (exact) mass is 315 g/mol. The lowest BCUT2D eigenvalue weighted by Crippen LogP contribution is -2.52. The second-order valence-corrected chi connectivity index (χ2v) is 7.12. The maximum Gasteiger partial charge on any atom is 0.320 e. The molecule has 0 aliphatic carbocycles. The SMILES string of the molecule is CC(C)N[C@@H](CCCCNC(C)C(=O)O)C(=O)NC(C)(C)C. The molecule has 4 N–H and O–H groups in total. The molecule has 0 aliphatic rings. The van der Waals surface area contributed by atoms with E-state index in [-0.39, 0.29) is 23.5 Å². The number of carbonyl (C=O) groups excluding carboxylic acids is 1. The van der Waals surface area contributed by atoms with Crippen LogP contribution in [0.15, 0.2) is 0 Å². The van der Waals surface area contributed by atoms with Crippen molar-refractivity contribution >= 4 is 11.9 Å². The number of aliphatic carboxylic acids is 1. The highest BCUT2D eigenvalue weighted by atomic mass is 16.4. The van der Waals surface area contributed by atoms with E-state index >= 15 is 0 Å². The fraction of sp³-hybridized carbons (Fsp3) is 0.875. The Labute approximate surface area is 134 Å². The number of amides is 1. The molecular formula is C16H33N3O3. The molecule has 2 atom stereocenters. The fourth-order valence-corrected chi connectivity index (χ4v) is 2.03. The predicted octanol–water partition coefficient (Wildman–Crippen LogP) is 1.50. The van der Waals surface area contributed by atoms with Crippen molar-refractivity contribution in [3.8, 4) is 0 Å². The Morgan fingerprint density at radius 2 is 1.68 bits per heavy atom. The molecule has 0 fully saturated rings. The highest BCUT2D eigenvalue weighted by molar-refractivity contribution is 5.82. The Morgan fingerprint density at radius 1 is 1.09 bits per heavy atom. The smallest absolute Gasteiger partial charge is 0.320 e. The van der Waals surface area contributed by atoms with Crippen LogP contribution < -0.4 is 16.0 Å². The molecule has 1 unspecified atom stereocenters. The summed E-state index contributed by atoms with van der Waals surface area (Å²) < 4.78 is 0. The van der Waals surface area contributed by atoms with Gasteiger partial charge in [0.2, 0.25) is 5.91 Å². The van der Waals surface area contributed by atoms with Gasteiger partial charge in [0.15, 0.2) is 0 Å². The Bertz CT molecular complexity index is 351. The zero-order valence-corrected chi connectivity index (χ0v) is 14.8. The van der Waals surface area contributed by atoms with Crippen molar-refractivity contribution in [3.05, 3.63) is 0 Å². The van der Waals surface area contributed by atoms with Crippen molar-refractivity contribution in [1.29, 1.82) is 0 Å². The lowest BCUT2D eigenvalue weighted by atomic mass is 10.0. The topological polar surface area (TPSA) is 90.5 Å². The maximum atomic E-state index is 12.3. The van der Waals surface area contributed by atoms with Gasteiger partial charge >= 0.3 is 5.97 Å². The van der Waals surface area contributed by atoms with Crippen LogP contribution in [0.5, 0.6) is 0 Å². The first-order valence-corrected chi connectivity index (χ1v) is 8.07. The minimum absolute atomic E-state index is 0.0214. The van der Waals surface area contributed by atoms with Gasteiger partial charge in [0.1, 0.15) is 6.04 Å². The average molecular weight is 315 g/mol. The van der Waals surface area contributed by atoms with Gasteiger partial charge in [-0.15, -0.1) is 0 Å². The number of carbonyl (C=O) groups is 2. The molecule has 0 radical (unpaired) electrons. The summed E-state index contributed by atoms with van der Waals surface area (Å²) in [5.41, 5.74) is -0.244. The summed E-state index contributed by atoms with van der Waals surface area (Å²) in [6.45, 7) is 12.2. The zero-order valence-electron chi connectivity index (χ0n) is 14.8. The third kappa shape index (κ3) is 10.6. The third-order valence-electron chi connectivity index (χ3n) is 3.09.